The van der Waals surface area contributed by atoms with Gasteiger partial charge in [-0.2, -0.15) is 5.10 Å². The molecule has 0 unspecified atom stereocenters. The maximum absolute atomic E-state index is 13.2. The lowest BCUT2D eigenvalue weighted by molar-refractivity contribution is 0.0952. The van der Waals surface area contributed by atoms with Crippen molar-refractivity contribution < 1.29 is 22.0 Å². The quantitative estimate of drug-likeness (QED) is 0.481. The molecule has 4 heterocycles. The summed E-state index contributed by atoms with van der Waals surface area (Å²) in [5, 5.41) is 8.00. The van der Waals surface area contributed by atoms with Gasteiger partial charge in [0.25, 0.3) is 5.91 Å². The minimum atomic E-state index is -3.14. The van der Waals surface area contributed by atoms with Crippen molar-refractivity contribution in [2.75, 3.05) is 11.5 Å². The highest BCUT2D eigenvalue weighted by atomic mass is 32.2. The monoisotopic (exact) mass is 468 g/mol. The number of aromatic nitrogens is 3. The van der Waals surface area contributed by atoms with Crippen LogP contribution in [0.2, 0.25) is 0 Å². The van der Waals surface area contributed by atoms with Gasteiger partial charge in [-0.05, 0) is 49.2 Å². The molecule has 8 nitrogen and oxygen atoms in total. The number of pyridine rings is 1. The van der Waals surface area contributed by atoms with Crippen LogP contribution in [0.1, 0.15) is 34.1 Å². The van der Waals surface area contributed by atoms with Gasteiger partial charge in [-0.15, -0.1) is 0 Å². The minimum Gasteiger partial charge on any atom is -0.463 e. The molecule has 1 aliphatic rings. The molecule has 1 saturated heterocycles. The molecular formula is C23H21FN4O4S. The molecule has 0 bridgehead atoms. The average molecular weight is 469 g/mol. The number of nitrogens with zero attached hydrogens (tertiary/aromatic N) is 3. The highest BCUT2D eigenvalue weighted by Crippen LogP contribution is 2.32. The molecule has 1 N–H and O–H groups in total. The van der Waals surface area contributed by atoms with Crippen LogP contribution in [0.4, 0.5) is 4.39 Å². The first-order valence-electron chi connectivity index (χ1n) is 10.5. The lowest BCUT2D eigenvalue weighted by Gasteiger charge is -2.12. The fraction of sp³-hybridized carbons (Fsp3) is 0.261. The van der Waals surface area contributed by atoms with Crippen LogP contribution in [0, 0.1) is 12.7 Å². The maximum atomic E-state index is 13.2. The van der Waals surface area contributed by atoms with E-state index in [1.54, 1.807) is 41.9 Å². The fourth-order valence-corrected chi connectivity index (χ4v) is 5.84. The smallest absolute Gasteiger partial charge is 0.252 e. The molecule has 10 heteroatoms. The molecule has 5 rings (SSSR count). The zero-order chi connectivity index (χ0) is 23.2. The standard InChI is InChI=1S/C23H21FN4O4S/c1-14-21-18(23(29)25-12-15-4-6-16(24)7-5-15)11-19(20-3-2-9-32-20)26-22(21)28(27-14)17-8-10-33(30,31)13-17/h2-7,9,11,17H,8,10,12-13H2,1H3,(H,25,29)/t17-/m1/s1. The van der Waals surface area contributed by atoms with Crippen LogP contribution in [-0.2, 0) is 16.4 Å². The number of benzene rings is 1. The molecule has 1 aliphatic heterocycles. The largest absolute Gasteiger partial charge is 0.463 e. The maximum Gasteiger partial charge on any atom is 0.252 e. The van der Waals surface area contributed by atoms with E-state index >= 15 is 0 Å². The third-order valence-corrected chi connectivity index (χ3v) is 7.53. The first kappa shape index (κ1) is 21.3. The second kappa shape index (κ2) is 8.11. The topological polar surface area (TPSA) is 107 Å². The van der Waals surface area contributed by atoms with Crippen LogP contribution in [-0.4, -0.2) is 40.6 Å². The Labute approximate surface area is 189 Å². The highest BCUT2D eigenvalue weighted by Gasteiger charge is 2.32. The summed E-state index contributed by atoms with van der Waals surface area (Å²) in [5.41, 5.74) is 2.58. The van der Waals surface area contributed by atoms with Gasteiger partial charge in [-0.25, -0.2) is 22.5 Å². The number of rotatable bonds is 5. The Morgan fingerprint density at radius 2 is 2.06 bits per heavy atom. The second-order valence-corrected chi connectivity index (χ2v) is 10.4. The molecule has 1 fully saturated rings. The first-order chi connectivity index (χ1) is 15.8. The Morgan fingerprint density at radius 3 is 2.73 bits per heavy atom. The number of furan rings is 1. The van der Waals surface area contributed by atoms with Crippen molar-refractivity contribution in [2.24, 2.45) is 0 Å². The van der Waals surface area contributed by atoms with Gasteiger partial charge in [0, 0.05) is 6.54 Å². The third-order valence-electron chi connectivity index (χ3n) is 5.78. The zero-order valence-corrected chi connectivity index (χ0v) is 18.6. The van der Waals surface area contributed by atoms with E-state index in [-0.39, 0.29) is 35.8 Å². The van der Waals surface area contributed by atoms with Crippen molar-refractivity contribution >= 4 is 26.8 Å². The molecule has 4 aromatic rings. The predicted octanol–water partition coefficient (Wildman–Crippen LogP) is 3.43. The van der Waals surface area contributed by atoms with E-state index in [4.69, 9.17) is 9.40 Å². The SMILES string of the molecule is Cc1nn([C@@H]2CCS(=O)(=O)C2)c2nc(-c3ccco3)cc(C(=O)NCc3ccc(F)cc3)c12. The van der Waals surface area contributed by atoms with Gasteiger partial charge in [0.1, 0.15) is 11.5 Å². The van der Waals surface area contributed by atoms with Gasteiger partial charge < -0.3 is 9.73 Å². The van der Waals surface area contributed by atoms with E-state index in [0.29, 0.717) is 40.2 Å². The lowest BCUT2D eigenvalue weighted by atomic mass is 10.1. The molecule has 1 amide bonds. The second-order valence-electron chi connectivity index (χ2n) is 8.13. The van der Waals surface area contributed by atoms with Crippen molar-refractivity contribution in [3.8, 4) is 11.5 Å². The summed E-state index contributed by atoms with van der Waals surface area (Å²) >= 11 is 0. The molecule has 3 aromatic heterocycles. The zero-order valence-electron chi connectivity index (χ0n) is 17.8. The molecule has 1 atom stereocenters. The average Bonchev–Trinajstić information content (AvgIpc) is 3.52. The predicted molar refractivity (Wildman–Crippen MR) is 120 cm³/mol. The van der Waals surface area contributed by atoms with E-state index in [1.165, 1.54) is 18.4 Å². The molecule has 1 aromatic carbocycles. The Hall–Kier alpha value is -3.53. The van der Waals surface area contributed by atoms with Gasteiger partial charge in [0.15, 0.2) is 21.2 Å². The summed E-state index contributed by atoms with van der Waals surface area (Å²) in [6.07, 6.45) is 1.96. The van der Waals surface area contributed by atoms with Crippen LogP contribution in [0.5, 0.6) is 0 Å². The van der Waals surface area contributed by atoms with Crippen molar-refractivity contribution in [2.45, 2.75) is 25.9 Å². The Bertz CT molecular complexity index is 1440. The summed E-state index contributed by atoms with van der Waals surface area (Å²) in [6, 6.07) is 10.7. The minimum absolute atomic E-state index is 0.0119. The summed E-state index contributed by atoms with van der Waals surface area (Å²) < 4.78 is 44.4. The summed E-state index contributed by atoms with van der Waals surface area (Å²) in [6.45, 7) is 1.99. The van der Waals surface area contributed by atoms with E-state index in [2.05, 4.69) is 10.4 Å². The van der Waals surface area contributed by atoms with E-state index < -0.39 is 9.84 Å². The molecule has 0 aliphatic carbocycles. The Kier molecular flexibility index (Phi) is 5.24. The van der Waals surface area contributed by atoms with E-state index in [1.807, 2.05) is 0 Å². The number of amides is 1. The summed E-state index contributed by atoms with van der Waals surface area (Å²) in [5.74, 6) is -0.126. The highest BCUT2D eigenvalue weighted by molar-refractivity contribution is 7.91. The number of sulfone groups is 1. The van der Waals surface area contributed by atoms with Crippen molar-refractivity contribution in [3.63, 3.8) is 0 Å². The number of hydrogen-bond donors (Lipinski definition) is 1. The number of halogens is 1. The van der Waals surface area contributed by atoms with Crippen molar-refractivity contribution in [1.29, 1.82) is 0 Å². The number of aryl methyl sites for hydroxylation is 1. The fourth-order valence-electron chi connectivity index (χ4n) is 4.15. The van der Waals surface area contributed by atoms with E-state index in [9.17, 15) is 17.6 Å². The lowest BCUT2D eigenvalue weighted by Crippen LogP contribution is -2.23. The Balaban J connectivity index is 1.58. The Morgan fingerprint density at radius 1 is 1.27 bits per heavy atom. The van der Waals surface area contributed by atoms with E-state index in [0.717, 1.165) is 5.56 Å². The van der Waals surface area contributed by atoms with Crippen LogP contribution in [0.25, 0.3) is 22.5 Å². The number of fused-ring (bicyclic) bond motifs is 1. The first-order valence-corrected chi connectivity index (χ1v) is 12.3. The van der Waals surface area contributed by atoms with Crippen molar-refractivity contribution in [3.05, 3.63) is 71.4 Å². The number of hydrogen-bond acceptors (Lipinski definition) is 6. The van der Waals surface area contributed by atoms with Gasteiger partial charge in [0.2, 0.25) is 0 Å². The van der Waals surface area contributed by atoms with Gasteiger partial charge >= 0.3 is 0 Å². The number of carbonyl (C=O) groups is 1. The summed E-state index contributed by atoms with van der Waals surface area (Å²) in [4.78, 5) is 17.9. The van der Waals surface area contributed by atoms with Crippen LogP contribution < -0.4 is 5.32 Å². The molecule has 0 radical (unpaired) electrons. The van der Waals surface area contributed by atoms with Crippen LogP contribution >= 0.6 is 0 Å². The molecule has 33 heavy (non-hydrogen) atoms. The normalized spacial score (nSPS) is 17.5. The third kappa shape index (κ3) is 4.13. The number of nitrogens with one attached hydrogen (secondary N) is 1. The molecule has 170 valence electrons. The molecular weight excluding hydrogens is 447 g/mol. The van der Waals surface area contributed by atoms with Crippen molar-refractivity contribution in [1.82, 2.24) is 20.1 Å². The summed E-state index contributed by atoms with van der Waals surface area (Å²) in [7, 11) is -3.14. The van der Waals surface area contributed by atoms with Gasteiger partial charge in [0.05, 0.1) is 40.5 Å². The van der Waals surface area contributed by atoms with Gasteiger partial charge in [-0.1, -0.05) is 12.1 Å². The van der Waals surface area contributed by atoms with Crippen LogP contribution in [0.3, 0.4) is 0 Å². The van der Waals surface area contributed by atoms with Gasteiger partial charge in [-0.3, -0.25) is 4.79 Å². The van der Waals surface area contributed by atoms with Crippen LogP contribution in [0.15, 0.2) is 53.1 Å². The molecule has 0 spiro atoms. The number of carbonyl (C=O) groups excluding carboxylic acids is 1. The molecule has 0 saturated carbocycles.